The summed E-state index contributed by atoms with van der Waals surface area (Å²) in [4.78, 5) is 0. The van der Waals surface area contributed by atoms with Crippen LogP contribution in [-0.4, -0.2) is 12.6 Å². The van der Waals surface area contributed by atoms with Crippen LogP contribution in [0.25, 0.3) is 0 Å². The molecular formula is C16H24N2. The fourth-order valence-corrected chi connectivity index (χ4v) is 2.86. The molecule has 0 saturated heterocycles. The molecule has 3 N–H and O–H groups in total. The van der Waals surface area contributed by atoms with Crippen LogP contribution in [0.3, 0.4) is 0 Å². The maximum atomic E-state index is 5.57. The molecule has 18 heavy (non-hydrogen) atoms. The highest BCUT2D eigenvalue weighted by Crippen LogP contribution is 2.44. The van der Waals surface area contributed by atoms with Crippen molar-refractivity contribution in [3.05, 3.63) is 35.4 Å². The lowest BCUT2D eigenvalue weighted by atomic mass is 10.1. The second-order valence-electron chi connectivity index (χ2n) is 5.94. The van der Waals surface area contributed by atoms with E-state index in [1.807, 2.05) is 0 Å². The lowest BCUT2D eigenvalue weighted by Crippen LogP contribution is -2.32. The van der Waals surface area contributed by atoms with Crippen molar-refractivity contribution in [3.63, 3.8) is 0 Å². The molecule has 2 heteroatoms. The third kappa shape index (κ3) is 3.12. The van der Waals surface area contributed by atoms with Gasteiger partial charge in [-0.1, -0.05) is 24.3 Å². The molecule has 0 radical (unpaired) electrons. The minimum atomic E-state index is 0.739. The van der Waals surface area contributed by atoms with Crippen molar-refractivity contribution in [1.29, 1.82) is 0 Å². The fourth-order valence-electron chi connectivity index (χ4n) is 2.86. The summed E-state index contributed by atoms with van der Waals surface area (Å²) in [5.41, 5.74) is 8.32. The first-order valence-electron chi connectivity index (χ1n) is 7.38. The Bertz CT molecular complexity index is 365. The van der Waals surface area contributed by atoms with Crippen molar-refractivity contribution < 1.29 is 0 Å². The summed E-state index contributed by atoms with van der Waals surface area (Å²) in [6.45, 7) is 1.77. The SMILES string of the molecule is NCCc1ccc(CNC(C2CC2)C2CC2)cc1. The highest BCUT2D eigenvalue weighted by atomic mass is 14.9. The first-order valence-corrected chi connectivity index (χ1v) is 7.38. The topological polar surface area (TPSA) is 38.0 Å². The van der Waals surface area contributed by atoms with Gasteiger partial charge in [-0.05, 0) is 61.6 Å². The summed E-state index contributed by atoms with van der Waals surface area (Å²) in [6, 6.07) is 9.72. The Morgan fingerprint density at radius 1 is 1.00 bits per heavy atom. The second kappa shape index (κ2) is 5.41. The van der Waals surface area contributed by atoms with Gasteiger partial charge in [0.05, 0.1) is 0 Å². The van der Waals surface area contributed by atoms with Crippen LogP contribution < -0.4 is 11.1 Å². The Labute approximate surface area is 110 Å². The molecule has 3 rings (SSSR count). The minimum absolute atomic E-state index is 0.739. The Morgan fingerprint density at radius 3 is 2.06 bits per heavy atom. The first kappa shape index (κ1) is 12.2. The van der Waals surface area contributed by atoms with E-state index in [0.29, 0.717) is 0 Å². The van der Waals surface area contributed by atoms with E-state index < -0.39 is 0 Å². The Hall–Kier alpha value is -0.860. The van der Waals surface area contributed by atoms with E-state index in [0.717, 1.165) is 37.4 Å². The summed E-state index contributed by atoms with van der Waals surface area (Å²) in [5.74, 6) is 1.96. The molecule has 0 unspecified atom stereocenters. The van der Waals surface area contributed by atoms with Gasteiger partial charge in [0.1, 0.15) is 0 Å². The Balaban J connectivity index is 1.52. The van der Waals surface area contributed by atoms with E-state index in [9.17, 15) is 0 Å². The van der Waals surface area contributed by atoms with Gasteiger partial charge in [0.15, 0.2) is 0 Å². The lowest BCUT2D eigenvalue weighted by molar-refractivity contribution is 0.416. The van der Waals surface area contributed by atoms with Crippen molar-refractivity contribution in [1.82, 2.24) is 5.32 Å². The average Bonchev–Trinajstić information content (AvgIpc) is 3.26. The third-order valence-corrected chi connectivity index (χ3v) is 4.26. The molecule has 2 nitrogen and oxygen atoms in total. The lowest BCUT2D eigenvalue weighted by Gasteiger charge is -2.17. The number of hydrogen-bond donors (Lipinski definition) is 2. The molecule has 1 aromatic carbocycles. The Morgan fingerprint density at radius 2 is 1.56 bits per heavy atom. The van der Waals surface area contributed by atoms with E-state index in [-0.39, 0.29) is 0 Å². The van der Waals surface area contributed by atoms with Gasteiger partial charge in [-0.2, -0.15) is 0 Å². The summed E-state index contributed by atoms with van der Waals surface area (Å²) < 4.78 is 0. The molecule has 0 bridgehead atoms. The molecule has 2 fully saturated rings. The third-order valence-electron chi connectivity index (χ3n) is 4.26. The molecule has 2 aliphatic carbocycles. The normalized spacial score (nSPS) is 19.4. The van der Waals surface area contributed by atoms with Crippen LogP contribution in [0.2, 0.25) is 0 Å². The molecule has 0 amide bonds. The van der Waals surface area contributed by atoms with Gasteiger partial charge >= 0.3 is 0 Å². The van der Waals surface area contributed by atoms with E-state index in [1.165, 1.54) is 36.8 Å². The van der Waals surface area contributed by atoms with E-state index in [2.05, 4.69) is 29.6 Å². The van der Waals surface area contributed by atoms with Gasteiger partial charge in [0.2, 0.25) is 0 Å². The van der Waals surface area contributed by atoms with Gasteiger partial charge in [-0.3, -0.25) is 0 Å². The smallest absolute Gasteiger partial charge is 0.0208 e. The van der Waals surface area contributed by atoms with Gasteiger partial charge in [0.25, 0.3) is 0 Å². The van der Waals surface area contributed by atoms with Crippen molar-refractivity contribution in [2.24, 2.45) is 17.6 Å². The molecule has 1 aromatic rings. The van der Waals surface area contributed by atoms with Crippen LogP contribution in [0.4, 0.5) is 0 Å². The summed E-state index contributed by atoms with van der Waals surface area (Å²) in [7, 11) is 0. The molecule has 2 saturated carbocycles. The maximum Gasteiger partial charge on any atom is 0.0208 e. The summed E-state index contributed by atoms with van der Waals surface area (Å²) in [6.07, 6.45) is 6.78. The average molecular weight is 244 g/mol. The summed E-state index contributed by atoms with van der Waals surface area (Å²) >= 11 is 0. The van der Waals surface area contributed by atoms with Crippen LogP contribution >= 0.6 is 0 Å². The van der Waals surface area contributed by atoms with Gasteiger partial charge < -0.3 is 11.1 Å². The monoisotopic (exact) mass is 244 g/mol. The van der Waals surface area contributed by atoms with Crippen LogP contribution in [-0.2, 0) is 13.0 Å². The molecule has 2 aliphatic rings. The van der Waals surface area contributed by atoms with Gasteiger partial charge in [0, 0.05) is 12.6 Å². The van der Waals surface area contributed by atoms with Crippen molar-refractivity contribution in [2.45, 2.75) is 44.7 Å². The predicted molar refractivity (Wildman–Crippen MR) is 75.3 cm³/mol. The van der Waals surface area contributed by atoms with Crippen LogP contribution in [0.1, 0.15) is 36.8 Å². The Kier molecular flexibility index (Phi) is 3.67. The van der Waals surface area contributed by atoms with Crippen molar-refractivity contribution in [2.75, 3.05) is 6.54 Å². The zero-order chi connectivity index (χ0) is 12.4. The van der Waals surface area contributed by atoms with E-state index in [4.69, 9.17) is 5.73 Å². The molecule has 0 aliphatic heterocycles. The molecule has 0 spiro atoms. The number of rotatable bonds is 7. The minimum Gasteiger partial charge on any atom is -0.330 e. The number of nitrogens with one attached hydrogen (secondary N) is 1. The van der Waals surface area contributed by atoms with Gasteiger partial charge in [-0.25, -0.2) is 0 Å². The first-order chi connectivity index (χ1) is 8.86. The van der Waals surface area contributed by atoms with Crippen LogP contribution in [0.5, 0.6) is 0 Å². The molecular weight excluding hydrogens is 220 g/mol. The number of nitrogens with two attached hydrogens (primary N) is 1. The van der Waals surface area contributed by atoms with Crippen LogP contribution in [0.15, 0.2) is 24.3 Å². The van der Waals surface area contributed by atoms with E-state index in [1.54, 1.807) is 0 Å². The standard InChI is InChI=1S/C16H24N2/c17-10-9-12-1-3-13(4-2-12)11-18-16(14-5-6-14)15-7-8-15/h1-4,14-16,18H,5-11,17H2. The maximum absolute atomic E-state index is 5.57. The van der Waals surface area contributed by atoms with Crippen molar-refractivity contribution >= 4 is 0 Å². The molecule has 98 valence electrons. The van der Waals surface area contributed by atoms with E-state index >= 15 is 0 Å². The number of hydrogen-bond acceptors (Lipinski definition) is 2. The number of benzene rings is 1. The molecule has 0 aromatic heterocycles. The van der Waals surface area contributed by atoms with Gasteiger partial charge in [-0.15, -0.1) is 0 Å². The summed E-state index contributed by atoms with van der Waals surface area (Å²) in [5, 5.41) is 3.79. The zero-order valence-corrected chi connectivity index (χ0v) is 11.1. The van der Waals surface area contributed by atoms with Crippen molar-refractivity contribution in [3.8, 4) is 0 Å². The highest BCUT2D eigenvalue weighted by Gasteiger charge is 2.40. The molecule has 0 atom stereocenters. The zero-order valence-electron chi connectivity index (χ0n) is 11.1. The largest absolute Gasteiger partial charge is 0.330 e. The molecule has 0 heterocycles. The highest BCUT2D eigenvalue weighted by molar-refractivity contribution is 5.22. The predicted octanol–water partition coefficient (Wildman–Crippen LogP) is 2.47. The quantitative estimate of drug-likeness (QED) is 0.773. The second-order valence-corrected chi connectivity index (χ2v) is 5.94. The van der Waals surface area contributed by atoms with Crippen LogP contribution in [0, 0.1) is 11.8 Å². The fraction of sp³-hybridized carbons (Fsp3) is 0.625.